The minimum atomic E-state index is -0.227. The van der Waals surface area contributed by atoms with Crippen molar-refractivity contribution >= 4 is 22.3 Å². The number of aromatic nitrogens is 2. The van der Waals surface area contributed by atoms with Gasteiger partial charge in [0.05, 0.1) is 17.3 Å². The van der Waals surface area contributed by atoms with Gasteiger partial charge in [-0.05, 0) is 59.5 Å². The minimum absolute atomic E-state index is 0.175. The Hall–Kier alpha value is -2.73. The summed E-state index contributed by atoms with van der Waals surface area (Å²) in [6, 6.07) is 11.7. The number of likely N-dealkylation sites (N-methyl/N-ethyl adjacent to an activating group) is 1. The molecule has 0 amide bonds. The SMILES string of the molecule is Cc1cccc([C@@H](C)Nc2nnc(C)c3ccc(N4CC(C)(N(C)C)C4)cc23)c1F. The molecule has 0 saturated carbocycles. The van der Waals surface area contributed by atoms with Gasteiger partial charge in [-0.3, -0.25) is 0 Å². The molecular formula is C24H30FN5. The van der Waals surface area contributed by atoms with Crippen LogP contribution in [0.2, 0.25) is 0 Å². The first-order valence-electron chi connectivity index (χ1n) is 10.4. The largest absolute Gasteiger partial charge is 0.368 e. The highest BCUT2D eigenvalue weighted by atomic mass is 19.1. The van der Waals surface area contributed by atoms with Crippen LogP contribution in [0.5, 0.6) is 0 Å². The Labute approximate surface area is 177 Å². The van der Waals surface area contributed by atoms with Crippen LogP contribution < -0.4 is 10.2 Å². The van der Waals surface area contributed by atoms with Crippen molar-refractivity contribution in [3.8, 4) is 0 Å². The van der Waals surface area contributed by atoms with Crippen LogP contribution in [0.3, 0.4) is 0 Å². The molecule has 1 aromatic heterocycles. The van der Waals surface area contributed by atoms with Crippen molar-refractivity contribution in [1.82, 2.24) is 15.1 Å². The molecule has 3 aromatic rings. The molecule has 1 aliphatic rings. The third-order valence-corrected chi connectivity index (χ3v) is 6.50. The smallest absolute Gasteiger partial charge is 0.157 e. The fourth-order valence-corrected chi connectivity index (χ4v) is 4.11. The Balaban J connectivity index is 1.67. The lowest BCUT2D eigenvalue weighted by Gasteiger charge is -2.53. The van der Waals surface area contributed by atoms with Crippen LogP contribution in [0.25, 0.3) is 10.8 Å². The number of nitrogens with one attached hydrogen (secondary N) is 1. The van der Waals surface area contributed by atoms with Gasteiger partial charge in [-0.15, -0.1) is 5.10 Å². The van der Waals surface area contributed by atoms with E-state index in [0.29, 0.717) is 16.9 Å². The number of nitrogens with zero attached hydrogens (tertiary/aromatic N) is 4. The van der Waals surface area contributed by atoms with E-state index in [9.17, 15) is 4.39 Å². The van der Waals surface area contributed by atoms with E-state index < -0.39 is 0 Å². The maximum atomic E-state index is 14.6. The summed E-state index contributed by atoms with van der Waals surface area (Å²) < 4.78 is 14.6. The Morgan fingerprint density at radius 2 is 1.83 bits per heavy atom. The van der Waals surface area contributed by atoms with Gasteiger partial charge in [0, 0.05) is 35.1 Å². The number of halogens is 1. The zero-order valence-corrected chi connectivity index (χ0v) is 18.6. The van der Waals surface area contributed by atoms with Gasteiger partial charge >= 0.3 is 0 Å². The van der Waals surface area contributed by atoms with Crippen molar-refractivity contribution in [2.75, 3.05) is 37.4 Å². The number of rotatable bonds is 5. The summed E-state index contributed by atoms with van der Waals surface area (Å²) in [7, 11) is 4.26. The van der Waals surface area contributed by atoms with E-state index in [-0.39, 0.29) is 17.4 Å². The van der Waals surface area contributed by atoms with Gasteiger partial charge in [0.2, 0.25) is 0 Å². The minimum Gasteiger partial charge on any atom is -0.368 e. The van der Waals surface area contributed by atoms with Crippen molar-refractivity contribution in [3.63, 3.8) is 0 Å². The van der Waals surface area contributed by atoms with Crippen LogP contribution in [0.4, 0.5) is 15.9 Å². The van der Waals surface area contributed by atoms with Crippen molar-refractivity contribution < 1.29 is 4.39 Å². The topological polar surface area (TPSA) is 44.3 Å². The van der Waals surface area contributed by atoms with Gasteiger partial charge in [0.25, 0.3) is 0 Å². The summed E-state index contributed by atoms with van der Waals surface area (Å²) in [5, 5.41) is 14.2. The molecule has 30 heavy (non-hydrogen) atoms. The van der Waals surface area contributed by atoms with E-state index in [0.717, 1.165) is 29.6 Å². The number of anilines is 2. The molecule has 1 atom stereocenters. The number of hydrogen-bond acceptors (Lipinski definition) is 5. The highest BCUT2D eigenvalue weighted by Gasteiger charge is 2.40. The summed E-state index contributed by atoms with van der Waals surface area (Å²) in [5.74, 6) is 0.507. The van der Waals surface area contributed by atoms with Crippen molar-refractivity contribution in [3.05, 3.63) is 59.0 Å². The zero-order valence-electron chi connectivity index (χ0n) is 18.6. The lowest BCUT2D eigenvalue weighted by Crippen LogP contribution is -2.67. The highest BCUT2D eigenvalue weighted by Crippen LogP contribution is 2.35. The second-order valence-corrected chi connectivity index (χ2v) is 8.96. The van der Waals surface area contributed by atoms with Gasteiger partial charge in [-0.1, -0.05) is 24.3 Å². The molecule has 1 fully saturated rings. The third kappa shape index (κ3) is 3.49. The Morgan fingerprint density at radius 3 is 2.53 bits per heavy atom. The van der Waals surface area contributed by atoms with Crippen LogP contribution in [-0.2, 0) is 0 Å². The summed E-state index contributed by atoms with van der Waals surface area (Å²) in [6.07, 6.45) is 0. The van der Waals surface area contributed by atoms with Gasteiger partial charge in [0.15, 0.2) is 5.82 Å². The normalized spacial score (nSPS) is 16.6. The fraction of sp³-hybridized carbons (Fsp3) is 0.417. The average molecular weight is 408 g/mol. The van der Waals surface area contributed by atoms with Gasteiger partial charge < -0.3 is 15.1 Å². The highest BCUT2D eigenvalue weighted by molar-refractivity contribution is 5.95. The van der Waals surface area contributed by atoms with E-state index in [4.69, 9.17) is 0 Å². The molecule has 2 heterocycles. The molecule has 2 aromatic carbocycles. The second kappa shape index (κ2) is 7.51. The monoisotopic (exact) mass is 407 g/mol. The summed E-state index contributed by atoms with van der Waals surface area (Å²) in [4.78, 5) is 4.66. The maximum absolute atomic E-state index is 14.6. The molecule has 1 N–H and O–H groups in total. The van der Waals surface area contributed by atoms with E-state index >= 15 is 0 Å². The average Bonchev–Trinajstić information content (AvgIpc) is 2.69. The lowest BCUT2D eigenvalue weighted by molar-refractivity contribution is 0.133. The molecule has 6 heteroatoms. The second-order valence-electron chi connectivity index (χ2n) is 8.96. The van der Waals surface area contributed by atoms with E-state index in [1.807, 2.05) is 26.0 Å². The van der Waals surface area contributed by atoms with Gasteiger partial charge in [0.1, 0.15) is 5.82 Å². The number of hydrogen-bond donors (Lipinski definition) is 1. The lowest BCUT2D eigenvalue weighted by atomic mass is 9.90. The standard InChI is InChI=1S/C24H30FN5/c1-15-8-7-9-20(22(15)25)16(2)26-23-21-12-18(10-11-19(21)17(3)27-28-23)30-13-24(4,14-30)29(5)6/h7-12,16H,13-14H2,1-6H3,(H,26,28)/t16-/m1/s1. The van der Waals surface area contributed by atoms with Crippen LogP contribution >= 0.6 is 0 Å². The molecule has 0 aliphatic carbocycles. The van der Waals surface area contributed by atoms with Crippen molar-refractivity contribution in [1.29, 1.82) is 0 Å². The van der Waals surface area contributed by atoms with E-state index in [1.54, 1.807) is 13.0 Å². The molecule has 5 nitrogen and oxygen atoms in total. The summed E-state index contributed by atoms with van der Waals surface area (Å²) >= 11 is 0. The predicted octanol–water partition coefficient (Wildman–Crippen LogP) is 4.70. The number of fused-ring (bicyclic) bond motifs is 1. The quantitative estimate of drug-likeness (QED) is 0.664. The molecule has 0 bridgehead atoms. The molecule has 0 unspecified atom stereocenters. The van der Waals surface area contributed by atoms with Crippen LogP contribution in [0, 0.1) is 19.7 Å². The zero-order chi connectivity index (χ0) is 21.6. The van der Waals surface area contributed by atoms with E-state index in [2.05, 4.69) is 64.5 Å². The van der Waals surface area contributed by atoms with Gasteiger partial charge in [-0.25, -0.2) is 4.39 Å². The number of benzene rings is 2. The molecule has 0 spiro atoms. The van der Waals surface area contributed by atoms with Gasteiger partial charge in [-0.2, -0.15) is 5.10 Å². The molecule has 1 aliphatic heterocycles. The Bertz CT molecular complexity index is 1090. The van der Waals surface area contributed by atoms with Crippen molar-refractivity contribution in [2.45, 2.75) is 39.3 Å². The van der Waals surface area contributed by atoms with Crippen LogP contribution in [0.15, 0.2) is 36.4 Å². The predicted molar refractivity (Wildman–Crippen MR) is 122 cm³/mol. The van der Waals surface area contributed by atoms with Crippen LogP contribution in [-0.4, -0.2) is 47.8 Å². The van der Waals surface area contributed by atoms with Crippen molar-refractivity contribution in [2.24, 2.45) is 0 Å². The third-order valence-electron chi connectivity index (χ3n) is 6.50. The first kappa shape index (κ1) is 20.5. The molecule has 4 rings (SSSR count). The molecule has 1 saturated heterocycles. The Morgan fingerprint density at radius 1 is 1.10 bits per heavy atom. The first-order valence-corrected chi connectivity index (χ1v) is 10.4. The van der Waals surface area contributed by atoms with Crippen LogP contribution in [0.1, 0.15) is 36.7 Å². The molecule has 0 radical (unpaired) electrons. The molecule has 158 valence electrons. The number of aryl methyl sites for hydroxylation is 2. The molecular weight excluding hydrogens is 377 g/mol. The first-order chi connectivity index (χ1) is 14.2. The Kier molecular flexibility index (Phi) is 5.14. The fourth-order valence-electron chi connectivity index (χ4n) is 4.11. The summed E-state index contributed by atoms with van der Waals surface area (Å²) in [6.45, 7) is 9.95. The van der Waals surface area contributed by atoms with E-state index in [1.165, 1.54) is 5.69 Å². The summed E-state index contributed by atoms with van der Waals surface area (Å²) in [5.41, 5.74) is 3.53. The maximum Gasteiger partial charge on any atom is 0.157 e.